The first kappa shape index (κ1) is 17.8. The van der Waals surface area contributed by atoms with Crippen LogP contribution in [0.2, 0.25) is 0 Å². The predicted octanol–water partition coefficient (Wildman–Crippen LogP) is 2.28. The fourth-order valence-electron chi connectivity index (χ4n) is 2.13. The van der Waals surface area contributed by atoms with Gasteiger partial charge in [0.2, 0.25) is 5.91 Å². The van der Waals surface area contributed by atoms with Crippen molar-refractivity contribution in [2.45, 2.75) is 31.7 Å². The summed E-state index contributed by atoms with van der Waals surface area (Å²) in [7, 11) is 1.74. The molecular formula is C16H23N3O3. The number of nitrogens with zero attached hydrogens (tertiary/aromatic N) is 2. The van der Waals surface area contributed by atoms with Crippen LogP contribution in [-0.4, -0.2) is 35.4 Å². The highest BCUT2D eigenvalue weighted by Gasteiger charge is 2.18. The number of nitrogens with two attached hydrogens (primary N) is 1. The van der Waals surface area contributed by atoms with Crippen molar-refractivity contribution in [1.82, 2.24) is 4.90 Å². The molecule has 120 valence electrons. The van der Waals surface area contributed by atoms with Crippen LogP contribution >= 0.6 is 0 Å². The first-order valence-corrected chi connectivity index (χ1v) is 7.30. The van der Waals surface area contributed by atoms with E-state index in [-0.39, 0.29) is 11.6 Å². The summed E-state index contributed by atoms with van der Waals surface area (Å²) in [6, 6.07) is 5.48. The van der Waals surface area contributed by atoms with Gasteiger partial charge in [0.05, 0.1) is 11.0 Å². The van der Waals surface area contributed by atoms with Gasteiger partial charge in [0.15, 0.2) is 0 Å². The van der Waals surface area contributed by atoms with Crippen LogP contribution in [-0.2, 0) is 11.2 Å². The Morgan fingerprint density at radius 3 is 2.59 bits per heavy atom. The molecule has 0 fully saturated rings. The number of likely N-dealkylation sites (N-methyl/N-ethyl adjacent to an activating group) is 1. The zero-order valence-electron chi connectivity index (χ0n) is 12.9. The molecule has 6 heteroatoms. The molecule has 0 aliphatic rings. The average Bonchev–Trinajstić information content (AvgIpc) is 2.51. The minimum absolute atomic E-state index is 0.0305. The highest BCUT2D eigenvalue weighted by Crippen LogP contribution is 2.13. The summed E-state index contributed by atoms with van der Waals surface area (Å²) in [5.41, 5.74) is 6.78. The topological polar surface area (TPSA) is 89.5 Å². The maximum absolute atomic E-state index is 12.2. The van der Waals surface area contributed by atoms with E-state index in [4.69, 9.17) is 5.73 Å². The molecule has 0 saturated carbocycles. The van der Waals surface area contributed by atoms with Gasteiger partial charge in [-0.25, -0.2) is 0 Å². The van der Waals surface area contributed by atoms with E-state index in [2.05, 4.69) is 6.58 Å². The van der Waals surface area contributed by atoms with Gasteiger partial charge in [0, 0.05) is 25.7 Å². The normalized spacial score (nSPS) is 11.7. The van der Waals surface area contributed by atoms with Crippen molar-refractivity contribution in [3.63, 3.8) is 0 Å². The number of benzene rings is 1. The Morgan fingerprint density at radius 1 is 1.41 bits per heavy atom. The van der Waals surface area contributed by atoms with E-state index in [1.807, 2.05) is 6.08 Å². The zero-order chi connectivity index (χ0) is 16.5. The summed E-state index contributed by atoms with van der Waals surface area (Å²) in [5.74, 6) is -0.114. The van der Waals surface area contributed by atoms with Crippen LogP contribution in [0.1, 0.15) is 24.8 Å². The van der Waals surface area contributed by atoms with Gasteiger partial charge >= 0.3 is 0 Å². The number of amides is 1. The summed E-state index contributed by atoms with van der Waals surface area (Å²) in [6.07, 6.45) is 5.09. The number of carbonyl (C=O) groups is 1. The van der Waals surface area contributed by atoms with E-state index in [0.717, 1.165) is 24.8 Å². The third kappa shape index (κ3) is 5.65. The Labute approximate surface area is 130 Å². The van der Waals surface area contributed by atoms with Crippen molar-refractivity contribution in [2.24, 2.45) is 5.73 Å². The molecule has 2 N–H and O–H groups in total. The van der Waals surface area contributed by atoms with Gasteiger partial charge in [-0.3, -0.25) is 14.9 Å². The molecule has 0 aromatic heterocycles. The lowest BCUT2D eigenvalue weighted by atomic mass is 10.1. The largest absolute Gasteiger partial charge is 0.344 e. The van der Waals surface area contributed by atoms with Crippen LogP contribution in [0.5, 0.6) is 0 Å². The number of unbranched alkanes of at least 4 members (excludes halogenated alkanes) is 2. The standard InChI is InChI=1S/C16H23N3O3/c1-3-4-5-6-11-18(2)16(20)15(17)12-13-7-9-14(10-8-13)19(21)22/h3,7-10,15H,1,4-6,11-12,17H2,2H3. The highest BCUT2D eigenvalue weighted by molar-refractivity contribution is 5.81. The Bertz CT molecular complexity index is 514. The molecule has 1 aromatic carbocycles. The van der Waals surface area contributed by atoms with Gasteiger partial charge in [0.1, 0.15) is 0 Å². The van der Waals surface area contributed by atoms with Crippen LogP contribution in [0, 0.1) is 10.1 Å². The van der Waals surface area contributed by atoms with Gasteiger partial charge in [0.25, 0.3) is 5.69 Å². The van der Waals surface area contributed by atoms with E-state index in [0.29, 0.717) is 13.0 Å². The smallest absolute Gasteiger partial charge is 0.269 e. The second-order valence-electron chi connectivity index (χ2n) is 5.28. The van der Waals surface area contributed by atoms with Crippen molar-refractivity contribution >= 4 is 11.6 Å². The summed E-state index contributed by atoms with van der Waals surface area (Å²) >= 11 is 0. The fraction of sp³-hybridized carbons (Fsp3) is 0.438. The number of allylic oxidation sites excluding steroid dienone is 1. The Hall–Kier alpha value is -2.21. The van der Waals surface area contributed by atoms with Crippen molar-refractivity contribution in [1.29, 1.82) is 0 Å². The third-order valence-electron chi connectivity index (χ3n) is 3.45. The van der Waals surface area contributed by atoms with E-state index < -0.39 is 11.0 Å². The number of nitro groups is 1. The minimum Gasteiger partial charge on any atom is -0.344 e. The van der Waals surface area contributed by atoms with Crippen LogP contribution < -0.4 is 5.73 Å². The van der Waals surface area contributed by atoms with Crippen LogP contribution in [0.3, 0.4) is 0 Å². The van der Waals surface area contributed by atoms with Gasteiger partial charge in [-0.1, -0.05) is 18.2 Å². The molecule has 0 saturated heterocycles. The lowest BCUT2D eigenvalue weighted by molar-refractivity contribution is -0.384. The van der Waals surface area contributed by atoms with E-state index >= 15 is 0 Å². The average molecular weight is 305 g/mol. The molecular weight excluding hydrogens is 282 g/mol. The molecule has 0 aliphatic carbocycles. The first-order chi connectivity index (χ1) is 10.5. The Kier molecular flexibility index (Phi) is 7.25. The maximum Gasteiger partial charge on any atom is 0.269 e. The maximum atomic E-state index is 12.2. The molecule has 1 unspecified atom stereocenters. The Balaban J connectivity index is 2.48. The lowest BCUT2D eigenvalue weighted by Crippen LogP contribution is -2.43. The molecule has 0 bridgehead atoms. The number of non-ortho nitro benzene ring substituents is 1. The van der Waals surface area contributed by atoms with Gasteiger partial charge in [-0.2, -0.15) is 0 Å². The quantitative estimate of drug-likeness (QED) is 0.328. The summed E-state index contributed by atoms with van der Waals surface area (Å²) in [4.78, 5) is 23.9. The molecule has 6 nitrogen and oxygen atoms in total. The second kappa shape index (κ2) is 8.94. The molecule has 1 rings (SSSR count). The fourth-order valence-corrected chi connectivity index (χ4v) is 2.13. The van der Waals surface area contributed by atoms with E-state index in [1.165, 1.54) is 12.1 Å². The number of hydrogen-bond donors (Lipinski definition) is 1. The van der Waals surface area contributed by atoms with Crippen molar-refractivity contribution < 1.29 is 9.72 Å². The number of rotatable bonds is 9. The summed E-state index contributed by atoms with van der Waals surface area (Å²) < 4.78 is 0. The van der Waals surface area contributed by atoms with Crippen LogP contribution in [0.15, 0.2) is 36.9 Å². The number of carbonyl (C=O) groups excluding carboxylic acids is 1. The van der Waals surface area contributed by atoms with Gasteiger partial charge in [-0.15, -0.1) is 6.58 Å². The van der Waals surface area contributed by atoms with Crippen molar-refractivity contribution in [3.8, 4) is 0 Å². The molecule has 1 atom stereocenters. The monoisotopic (exact) mass is 305 g/mol. The predicted molar refractivity (Wildman–Crippen MR) is 86.5 cm³/mol. The van der Waals surface area contributed by atoms with Gasteiger partial charge < -0.3 is 10.6 Å². The minimum atomic E-state index is -0.633. The number of nitro benzene ring substituents is 1. The Morgan fingerprint density at radius 2 is 2.05 bits per heavy atom. The molecule has 0 spiro atoms. The second-order valence-corrected chi connectivity index (χ2v) is 5.28. The molecule has 0 aliphatic heterocycles. The molecule has 1 amide bonds. The number of hydrogen-bond acceptors (Lipinski definition) is 4. The summed E-state index contributed by atoms with van der Waals surface area (Å²) in [5, 5.41) is 10.6. The van der Waals surface area contributed by atoms with Crippen LogP contribution in [0.4, 0.5) is 5.69 Å². The molecule has 1 aromatic rings. The van der Waals surface area contributed by atoms with Gasteiger partial charge in [-0.05, 0) is 31.2 Å². The lowest BCUT2D eigenvalue weighted by Gasteiger charge is -2.21. The SMILES string of the molecule is C=CCCCCN(C)C(=O)C(N)Cc1ccc([N+](=O)[O-])cc1. The first-order valence-electron chi connectivity index (χ1n) is 7.30. The van der Waals surface area contributed by atoms with E-state index in [9.17, 15) is 14.9 Å². The highest BCUT2D eigenvalue weighted by atomic mass is 16.6. The van der Waals surface area contributed by atoms with Crippen molar-refractivity contribution in [2.75, 3.05) is 13.6 Å². The molecule has 0 heterocycles. The van der Waals surface area contributed by atoms with Crippen LogP contribution in [0.25, 0.3) is 0 Å². The summed E-state index contributed by atoms with van der Waals surface area (Å²) in [6.45, 7) is 4.33. The van der Waals surface area contributed by atoms with E-state index in [1.54, 1.807) is 24.1 Å². The molecule has 0 radical (unpaired) electrons. The van der Waals surface area contributed by atoms with Crippen molar-refractivity contribution in [3.05, 3.63) is 52.6 Å². The zero-order valence-corrected chi connectivity index (χ0v) is 12.9. The molecule has 22 heavy (non-hydrogen) atoms. The third-order valence-corrected chi connectivity index (χ3v) is 3.45.